The van der Waals surface area contributed by atoms with E-state index in [1.54, 1.807) is 18.2 Å². The molecule has 3 nitrogen and oxygen atoms in total. The number of hydrogen-bond donors (Lipinski definition) is 1. The SMILES string of the molecule is CCOc1cc(CNC(C)CCc2ccccc2)cc(Cl)c1OCc1ccccc1F.Cl. The van der Waals surface area contributed by atoms with Gasteiger partial charge in [-0.05, 0) is 56.0 Å². The largest absolute Gasteiger partial charge is 0.490 e. The van der Waals surface area contributed by atoms with Crippen molar-refractivity contribution in [2.24, 2.45) is 0 Å². The van der Waals surface area contributed by atoms with Crippen molar-refractivity contribution in [3.63, 3.8) is 0 Å². The van der Waals surface area contributed by atoms with E-state index in [1.165, 1.54) is 11.6 Å². The third-order valence-electron chi connectivity index (χ3n) is 5.06. The number of aryl methyl sites for hydroxylation is 1. The van der Waals surface area contributed by atoms with Crippen LogP contribution >= 0.6 is 24.0 Å². The van der Waals surface area contributed by atoms with Crippen LogP contribution in [0.1, 0.15) is 37.0 Å². The molecule has 3 rings (SSSR count). The van der Waals surface area contributed by atoms with Gasteiger partial charge in [0.2, 0.25) is 0 Å². The fourth-order valence-corrected chi connectivity index (χ4v) is 3.60. The second-order valence-corrected chi connectivity index (χ2v) is 7.93. The highest BCUT2D eigenvalue weighted by molar-refractivity contribution is 6.32. The first-order valence-electron chi connectivity index (χ1n) is 10.7. The summed E-state index contributed by atoms with van der Waals surface area (Å²) in [4.78, 5) is 0. The minimum Gasteiger partial charge on any atom is -0.490 e. The van der Waals surface area contributed by atoms with Gasteiger partial charge < -0.3 is 14.8 Å². The maximum atomic E-state index is 13.9. The van der Waals surface area contributed by atoms with E-state index < -0.39 is 0 Å². The molecule has 3 aromatic rings. The molecule has 0 heterocycles. The summed E-state index contributed by atoms with van der Waals surface area (Å²) in [5.74, 6) is 0.703. The first kappa shape index (κ1) is 26.0. The molecule has 0 saturated carbocycles. The summed E-state index contributed by atoms with van der Waals surface area (Å²) in [5, 5.41) is 4.00. The number of ether oxygens (including phenoxy) is 2. The van der Waals surface area contributed by atoms with E-state index in [0.717, 1.165) is 18.4 Å². The zero-order valence-electron chi connectivity index (χ0n) is 18.4. The fourth-order valence-electron chi connectivity index (χ4n) is 3.31. The van der Waals surface area contributed by atoms with Crippen LogP contribution in [0, 0.1) is 5.82 Å². The van der Waals surface area contributed by atoms with Crippen LogP contribution in [0.5, 0.6) is 11.5 Å². The van der Waals surface area contributed by atoms with Gasteiger partial charge in [-0.1, -0.05) is 60.1 Å². The van der Waals surface area contributed by atoms with Gasteiger partial charge in [0.05, 0.1) is 11.6 Å². The standard InChI is InChI=1S/C26H29ClFNO2.ClH/c1-3-30-25-16-21(17-29-19(2)13-14-20-9-5-4-6-10-20)15-23(27)26(25)31-18-22-11-7-8-12-24(22)28;/h4-12,15-16,19,29H,3,13-14,17-18H2,1-2H3;1H. The molecular formula is C26H30Cl2FNO2. The van der Waals surface area contributed by atoms with Crippen molar-refractivity contribution in [1.29, 1.82) is 0 Å². The van der Waals surface area contributed by atoms with Gasteiger partial charge in [-0.15, -0.1) is 12.4 Å². The minimum absolute atomic E-state index is 0. The second kappa shape index (κ2) is 13.3. The molecule has 0 aromatic heterocycles. The van der Waals surface area contributed by atoms with Crippen LogP contribution in [0.4, 0.5) is 4.39 Å². The summed E-state index contributed by atoms with van der Waals surface area (Å²) in [6.45, 7) is 5.33. The van der Waals surface area contributed by atoms with Crippen molar-refractivity contribution >= 4 is 24.0 Å². The highest BCUT2D eigenvalue weighted by Crippen LogP contribution is 2.37. The van der Waals surface area contributed by atoms with Crippen molar-refractivity contribution < 1.29 is 13.9 Å². The van der Waals surface area contributed by atoms with Gasteiger partial charge in [0.1, 0.15) is 12.4 Å². The minimum atomic E-state index is -0.304. The molecule has 0 aliphatic carbocycles. The van der Waals surface area contributed by atoms with Gasteiger partial charge >= 0.3 is 0 Å². The summed E-state index contributed by atoms with van der Waals surface area (Å²) < 4.78 is 25.5. The molecule has 32 heavy (non-hydrogen) atoms. The van der Waals surface area contributed by atoms with E-state index >= 15 is 0 Å². The van der Waals surface area contributed by atoms with Crippen LogP contribution in [-0.2, 0) is 19.6 Å². The van der Waals surface area contributed by atoms with Crippen molar-refractivity contribution in [2.75, 3.05) is 6.61 Å². The lowest BCUT2D eigenvalue weighted by Gasteiger charge is -2.17. The van der Waals surface area contributed by atoms with Gasteiger partial charge in [0.25, 0.3) is 0 Å². The Labute approximate surface area is 201 Å². The predicted octanol–water partition coefficient (Wildman–Crippen LogP) is 6.99. The van der Waals surface area contributed by atoms with E-state index in [0.29, 0.717) is 41.3 Å². The Bertz CT molecular complexity index is 969. The first-order chi connectivity index (χ1) is 15.1. The van der Waals surface area contributed by atoms with Gasteiger partial charge in [-0.2, -0.15) is 0 Å². The van der Waals surface area contributed by atoms with E-state index in [-0.39, 0.29) is 24.8 Å². The third-order valence-corrected chi connectivity index (χ3v) is 5.34. The molecule has 0 bridgehead atoms. The molecule has 0 radical (unpaired) electrons. The molecule has 0 amide bonds. The molecule has 1 unspecified atom stereocenters. The lowest BCUT2D eigenvalue weighted by Crippen LogP contribution is -2.26. The Morgan fingerprint density at radius 3 is 2.41 bits per heavy atom. The van der Waals surface area contributed by atoms with E-state index in [9.17, 15) is 4.39 Å². The van der Waals surface area contributed by atoms with Crippen LogP contribution in [0.2, 0.25) is 5.02 Å². The number of benzene rings is 3. The molecule has 0 spiro atoms. The number of rotatable bonds is 11. The molecule has 3 aromatic carbocycles. The lowest BCUT2D eigenvalue weighted by atomic mass is 10.1. The topological polar surface area (TPSA) is 30.5 Å². The zero-order valence-corrected chi connectivity index (χ0v) is 20.0. The normalized spacial score (nSPS) is 11.5. The van der Waals surface area contributed by atoms with Crippen molar-refractivity contribution in [3.8, 4) is 11.5 Å². The summed E-state index contributed by atoms with van der Waals surface area (Å²) in [7, 11) is 0. The van der Waals surface area contributed by atoms with Crippen LogP contribution < -0.4 is 14.8 Å². The first-order valence-corrected chi connectivity index (χ1v) is 11.0. The van der Waals surface area contributed by atoms with Gasteiger partial charge in [-0.25, -0.2) is 4.39 Å². The third kappa shape index (κ3) is 7.70. The molecule has 0 aliphatic heterocycles. The van der Waals surface area contributed by atoms with E-state index in [4.69, 9.17) is 21.1 Å². The number of hydrogen-bond acceptors (Lipinski definition) is 3. The highest BCUT2D eigenvalue weighted by atomic mass is 35.5. The zero-order chi connectivity index (χ0) is 22.1. The Kier molecular flexibility index (Phi) is 10.8. The molecule has 1 atom stereocenters. The van der Waals surface area contributed by atoms with E-state index in [1.807, 2.05) is 25.1 Å². The van der Waals surface area contributed by atoms with Crippen LogP contribution in [0.25, 0.3) is 0 Å². The molecule has 172 valence electrons. The van der Waals surface area contributed by atoms with E-state index in [2.05, 4.69) is 36.5 Å². The second-order valence-electron chi connectivity index (χ2n) is 7.52. The Morgan fingerprint density at radius 2 is 1.69 bits per heavy atom. The monoisotopic (exact) mass is 477 g/mol. The molecule has 0 fully saturated rings. The Morgan fingerprint density at radius 1 is 0.969 bits per heavy atom. The molecule has 0 saturated heterocycles. The maximum Gasteiger partial charge on any atom is 0.180 e. The molecule has 0 aliphatic rings. The quantitative estimate of drug-likeness (QED) is 0.322. The predicted molar refractivity (Wildman–Crippen MR) is 132 cm³/mol. The van der Waals surface area contributed by atoms with Crippen molar-refractivity contribution in [1.82, 2.24) is 5.32 Å². The van der Waals surface area contributed by atoms with Crippen LogP contribution in [0.3, 0.4) is 0 Å². The highest BCUT2D eigenvalue weighted by Gasteiger charge is 2.14. The summed E-state index contributed by atoms with van der Waals surface area (Å²) in [5.41, 5.74) is 2.83. The molecular weight excluding hydrogens is 448 g/mol. The molecule has 6 heteroatoms. The summed E-state index contributed by atoms with van der Waals surface area (Å²) >= 11 is 6.51. The smallest absolute Gasteiger partial charge is 0.180 e. The number of halogens is 3. The summed E-state index contributed by atoms with van der Waals surface area (Å²) in [6.07, 6.45) is 2.07. The fraction of sp³-hybridized carbons (Fsp3) is 0.308. The van der Waals surface area contributed by atoms with Gasteiger partial charge in [0, 0.05) is 18.2 Å². The Balaban J connectivity index is 0.00000363. The van der Waals surface area contributed by atoms with Gasteiger partial charge in [-0.3, -0.25) is 0 Å². The van der Waals surface area contributed by atoms with Crippen molar-refractivity contribution in [3.05, 3.63) is 94.3 Å². The average molecular weight is 478 g/mol. The van der Waals surface area contributed by atoms with Crippen LogP contribution in [0.15, 0.2) is 66.7 Å². The molecule has 1 N–H and O–H groups in total. The van der Waals surface area contributed by atoms with Crippen molar-refractivity contribution in [2.45, 2.75) is 45.9 Å². The average Bonchev–Trinajstić information content (AvgIpc) is 2.77. The maximum absolute atomic E-state index is 13.9. The summed E-state index contributed by atoms with van der Waals surface area (Å²) in [6, 6.07) is 21.2. The van der Waals surface area contributed by atoms with Gasteiger partial charge in [0.15, 0.2) is 11.5 Å². The number of nitrogens with one attached hydrogen (secondary N) is 1. The van der Waals surface area contributed by atoms with Crippen LogP contribution in [-0.4, -0.2) is 12.6 Å². The Hall–Kier alpha value is -2.27. The lowest BCUT2D eigenvalue weighted by molar-refractivity contribution is 0.265.